The molecule has 2 aliphatic rings. The number of carbonyl (C=O) groups excluding carboxylic acids is 1. The molecule has 1 amide bonds. The van der Waals surface area contributed by atoms with E-state index in [4.69, 9.17) is 5.73 Å². The van der Waals surface area contributed by atoms with E-state index in [2.05, 4.69) is 23.5 Å². The predicted octanol–water partition coefficient (Wildman–Crippen LogP) is 2.10. The molecule has 19 heavy (non-hydrogen) atoms. The number of carbonyl (C=O) groups is 1. The van der Waals surface area contributed by atoms with Crippen LogP contribution in [-0.2, 0) is 11.2 Å². The summed E-state index contributed by atoms with van der Waals surface area (Å²) in [5, 5.41) is 3.18. The molecule has 1 fully saturated rings. The van der Waals surface area contributed by atoms with E-state index < -0.39 is 0 Å². The number of hydrogen-bond donors (Lipinski definition) is 2. The van der Waals surface area contributed by atoms with E-state index in [-0.39, 0.29) is 23.9 Å². The van der Waals surface area contributed by atoms with Gasteiger partial charge >= 0.3 is 0 Å². The Morgan fingerprint density at radius 3 is 2.79 bits per heavy atom. The van der Waals surface area contributed by atoms with Crippen molar-refractivity contribution in [1.82, 2.24) is 5.32 Å². The number of rotatable bonds is 2. The van der Waals surface area contributed by atoms with Crippen LogP contribution in [0.15, 0.2) is 24.3 Å². The van der Waals surface area contributed by atoms with E-state index in [1.54, 1.807) is 0 Å². The van der Waals surface area contributed by atoms with Gasteiger partial charge in [-0.25, -0.2) is 0 Å². The van der Waals surface area contributed by atoms with Crippen molar-refractivity contribution in [3.8, 4) is 0 Å². The monoisotopic (exact) mass is 258 g/mol. The van der Waals surface area contributed by atoms with Gasteiger partial charge in [-0.15, -0.1) is 0 Å². The number of hydrogen-bond acceptors (Lipinski definition) is 2. The molecule has 1 saturated carbocycles. The summed E-state index contributed by atoms with van der Waals surface area (Å²) in [5.74, 6) is 0.201. The van der Waals surface area contributed by atoms with Gasteiger partial charge in [0, 0.05) is 12.1 Å². The van der Waals surface area contributed by atoms with E-state index in [0.717, 1.165) is 38.5 Å². The molecule has 102 valence electrons. The summed E-state index contributed by atoms with van der Waals surface area (Å²) in [5.41, 5.74) is 8.59. The van der Waals surface area contributed by atoms with Crippen molar-refractivity contribution in [3.63, 3.8) is 0 Å². The highest BCUT2D eigenvalue weighted by molar-refractivity contribution is 5.84. The second-order valence-electron chi connectivity index (χ2n) is 5.85. The van der Waals surface area contributed by atoms with E-state index in [1.165, 1.54) is 11.1 Å². The number of fused-ring (bicyclic) bond motifs is 1. The lowest BCUT2D eigenvalue weighted by Crippen LogP contribution is -2.46. The highest BCUT2D eigenvalue weighted by Crippen LogP contribution is 2.32. The molecule has 1 aromatic carbocycles. The van der Waals surface area contributed by atoms with Gasteiger partial charge in [0.05, 0.1) is 5.92 Å². The van der Waals surface area contributed by atoms with E-state index >= 15 is 0 Å². The standard InChI is InChI=1S/C16H22N2O/c17-14-9-4-10-15(14)18-16(19)13-8-3-6-11-5-1-2-7-12(11)13/h1-2,5,7,13-15H,3-4,6,8-10,17H2,(H,18,19). The Labute approximate surface area is 114 Å². The van der Waals surface area contributed by atoms with Gasteiger partial charge in [-0.1, -0.05) is 24.3 Å². The maximum Gasteiger partial charge on any atom is 0.227 e. The van der Waals surface area contributed by atoms with E-state index in [1.807, 2.05) is 6.07 Å². The summed E-state index contributed by atoms with van der Waals surface area (Å²) in [4.78, 5) is 12.5. The Morgan fingerprint density at radius 2 is 2.00 bits per heavy atom. The molecule has 0 heterocycles. The fraction of sp³-hybridized carbons (Fsp3) is 0.562. The van der Waals surface area contributed by atoms with Crippen LogP contribution in [0.4, 0.5) is 0 Å². The van der Waals surface area contributed by atoms with Crippen LogP contribution in [-0.4, -0.2) is 18.0 Å². The topological polar surface area (TPSA) is 55.1 Å². The van der Waals surface area contributed by atoms with Gasteiger partial charge in [0.2, 0.25) is 5.91 Å². The zero-order valence-corrected chi connectivity index (χ0v) is 11.3. The number of nitrogens with one attached hydrogen (secondary N) is 1. The van der Waals surface area contributed by atoms with Gasteiger partial charge in [0.15, 0.2) is 0 Å². The Morgan fingerprint density at radius 1 is 1.16 bits per heavy atom. The molecule has 0 aliphatic heterocycles. The average Bonchev–Trinajstić information content (AvgIpc) is 2.83. The Bertz CT molecular complexity index is 472. The molecule has 0 aromatic heterocycles. The van der Waals surface area contributed by atoms with Crippen molar-refractivity contribution in [3.05, 3.63) is 35.4 Å². The van der Waals surface area contributed by atoms with Crippen LogP contribution in [0.2, 0.25) is 0 Å². The quantitative estimate of drug-likeness (QED) is 0.853. The van der Waals surface area contributed by atoms with Gasteiger partial charge in [0.25, 0.3) is 0 Å². The fourth-order valence-corrected chi connectivity index (χ4v) is 3.48. The minimum Gasteiger partial charge on any atom is -0.351 e. The van der Waals surface area contributed by atoms with Gasteiger partial charge in [-0.2, -0.15) is 0 Å². The zero-order valence-electron chi connectivity index (χ0n) is 11.3. The zero-order chi connectivity index (χ0) is 13.2. The Hall–Kier alpha value is -1.35. The third kappa shape index (κ3) is 2.52. The fourth-order valence-electron chi connectivity index (χ4n) is 3.48. The summed E-state index contributed by atoms with van der Waals surface area (Å²) in [7, 11) is 0. The molecule has 1 aromatic rings. The van der Waals surface area contributed by atoms with E-state index in [0.29, 0.717) is 0 Å². The highest BCUT2D eigenvalue weighted by atomic mass is 16.2. The second kappa shape index (κ2) is 5.33. The van der Waals surface area contributed by atoms with Crippen LogP contribution in [0, 0.1) is 0 Å². The lowest BCUT2D eigenvalue weighted by Gasteiger charge is -2.27. The number of nitrogens with two attached hydrogens (primary N) is 1. The van der Waals surface area contributed by atoms with Crippen molar-refractivity contribution in [1.29, 1.82) is 0 Å². The first kappa shape index (κ1) is 12.7. The molecule has 2 aliphatic carbocycles. The van der Waals surface area contributed by atoms with Crippen molar-refractivity contribution in [2.75, 3.05) is 0 Å². The Kier molecular flexibility index (Phi) is 3.56. The Balaban J connectivity index is 1.74. The first-order chi connectivity index (χ1) is 9.25. The molecule has 3 heteroatoms. The number of amides is 1. The van der Waals surface area contributed by atoms with Crippen LogP contribution >= 0.6 is 0 Å². The van der Waals surface area contributed by atoms with Crippen LogP contribution < -0.4 is 11.1 Å². The van der Waals surface area contributed by atoms with Crippen LogP contribution in [0.25, 0.3) is 0 Å². The normalized spacial score (nSPS) is 29.8. The van der Waals surface area contributed by atoms with Crippen LogP contribution in [0.1, 0.15) is 49.1 Å². The van der Waals surface area contributed by atoms with Crippen molar-refractivity contribution in [2.24, 2.45) is 5.73 Å². The maximum atomic E-state index is 12.5. The van der Waals surface area contributed by atoms with Crippen molar-refractivity contribution < 1.29 is 4.79 Å². The largest absolute Gasteiger partial charge is 0.351 e. The molecule has 0 bridgehead atoms. The van der Waals surface area contributed by atoms with Gasteiger partial charge in [-0.3, -0.25) is 4.79 Å². The van der Waals surface area contributed by atoms with Gasteiger partial charge in [-0.05, 0) is 49.7 Å². The SMILES string of the molecule is NC1CCCC1NC(=O)C1CCCc2ccccc21. The van der Waals surface area contributed by atoms with Crippen molar-refractivity contribution in [2.45, 2.75) is 56.5 Å². The maximum absolute atomic E-state index is 12.5. The van der Waals surface area contributed by atoms with E-state index in [9.17, 15) is 4.79 Å². The first-order valence-corrected chi connectivity index (χ1v) is 7.39. The molecule has 0 saturated heterocycles. The minimum atomic E-state index is 0.0257. The summed E-state index contributed by atoms with van der Waals surface area (Å²) in [6, 6.07) is 8.67. The highest BCUT2D eigenvalue weighted by Gasteiger charge is 2.30. The summed E-state index contributed by atoms with van der Waals surface area (Å²) in [6.07, 6.45) is 6.36. The van der Waals surface area contributed by atoms with Gasteiger partial charge in [0.1, 0.15) is 0 Å². The summed E-state index contributed by atoms with van der Waals surface area (Å²) in [6.45, 7) is 0. The molecule has 3 unspecified atom stereocenters. The number of benzene rings is 1. The molecule has 3 N–H and O–H groups in total. The molecule has 0 radical (unpaired) electrons. The predicted molar refractivity (Wildman–Crippen MR) is 75.9 cm³/mol. The van der Waals surface area contributed by atoms with Crippen molar-refractivity contribution >= 4 is 5.91 Å². The third-order valence-electron chi connectivity index (χ3n) is 4.58. The first-order valence-electron chi connectivity index (χ1n) is 7.39. The lowest BCUT2D eigenvalue weighted by atomic mass is 9.82. The molecule has 3 rings (SSSR count). The second-order valence-corrected chi connectivity index (χ2v) is 5.85. The molecule has 0 spiro atoms. The average molecular weight is 258 g/mol. The van der Waals surface area contributed by atoms with Crippen LogP contribution in [0.5, 0.6) is 0 Å². The molecule has 3 atom stereocenters. The molecular weight excluding hydrogens is 236 g/mol. The van der Waals surface area contributed by atoms with Gasteiger partial charge < -0.3 is 11.1 Å². The summed E-state index contributed by atoms with van der Waals surface area (Å²) < 4.78 is 0. The number of aryl methyl sites for hydroxylation is 1. The molecule has 3 nitrogen and oxygen atoms in total. The lowest BCUT2D eigenvalue weighted by molar-refractivity contribution is -0.123. The smallest absolute Gasteiger partial charge is 0.227 e. The summed E-state index contributed by atoms with van der Waals surface area (Å²) >= 11 is 0. The third-order valence-corrected chi connectivity index (χ3v) is 4.58. The minimum absolute atomic E-state index is 0.0257. The van der Waals surface area contributed by atoms with Crippen LogP contribution in [0.3, 0.4) is 0 Å². The molecular formula is C16H22N2O.